The molecule has 0 unspecified atom stereocenters. The van der Waals surface area contributed by atoms with Crippen molar-refractivity contribution in [2.24, 2.45) is 0 Å². The Balaban J connectivity index is 2.03. The van der Waals surface area contributed by atoms with E-state index in [1.807, 2.05) is 30.3 Å². The van der Waals surface area contributed by atoms with E-state index < -0.39 is 14.4 Å². The van der Waals surface area contributed by atoms with E-state index in [1.165, 1.54) is 17.4 Å². The highest BCUT2D eigenvalue weighted by molar-refractivity contribution is 6.99. The Hall–Kier alpha value is -3.09. The normalized spacial score (nSPS) is 11.8. The van der Waals surface area contributed by atoms with E-state index in [2.05, 4.69) is 74.6 Å². The molecule has 0 spiro atoms. The van der Waals surface area contributed by atoms with Crippen LogP contribution < -0.4 is 21.4 Å². The predicted molar refractivity (Wildman–Crippen MR) is 133 cm³/mol. The first-order chi connectivity index (χ1) is 15.3. The third-order valence-electron chi connectivity index (χ3n) is 5.65. The van der Waals surface area contributed by atoms with Crippen LogP contribution in [0, 0.1) is 0 Å². The highest BCUT2D eigenvalue weighted by Crippen LogP contribution is 2.37. The fourth-order valence-corrected chi connectivity index (χ4v) is 8.61. The molecule has 0 aliphatic rings. The Morgan fingerprint density at radius 2 is 1.44 bits per heavy atom. The maximum atomic E-state index is 11.6. The smallest absolute Gasteiger partial charge is 0.407 e. The number of nitrogens with one attached hydrogen (secondary N) is 1. The lowest BCUT2D eigenvalue weighted by Crippen LogP contribution is -2.66. The van der Waals surface area contributed by atoms with Crippen molar-refractivity contribution in [1.29, 1.82) is 0 Å². The zero-order valence-corrected chi connectivity index (χ0v) is 20.2. The van der Waals surface area contributed by atoms with E-state index in [9.17, 15) is 4.79 Å². The van der Waals surface area contributed by atoms with Crippen LogP contribution in [0.1, 0.15) is 31.9 Å². The lowest BCUT2D eigenvalue weighted by Gasteiger charge is -2.43. The van der Waals surface area contributed by atoms with E-state index >= 15 is 0 Å². The number of nitrogens with two attached hydrogens (primary N) is 1. The van der Waals surface area contributed by atoms with Crippen molar-refractivity contribution in [2.45, 2.75) is 39.0 Å². The molecule has 3 aromatic rings. The molecule has 0 saturated carbocycles. The number of ether oxygens (including phenoxy) is 1. The first-order valence-electron chi connectivity index (χ1n) is 10.7. The molecule has 1 amide bonds. The van der Waals surface area contributed by atoms with Gasteiger partial charge in [-0.15, -0.1) is 0 Å². The van der Waals surface area contributed by atoms with Crippen molar-refractivity contribution in [3.05, 3.63) is 90.0 Å². The lowest BCUT2D eigenvalue weighted by molar-refractivity contribution is 0.141. The molecule has 168 valence electrons. The van der Waals surface area contributed by atoms with Gasteiger partial charge in [-0.2, -0.15) is 0 Å². The van der Waals surface area contributed by atoms with Crippen LogP contribution in [-0.4, -0.2) is 21.5 Å². The van der Waals surface area contributed by atoms with Crippen LogP contribution in [0.25, 0.3) is 0 Å². The summed E-state index contributed by atoms with van der Waals surface area (Å²) in [5.74, 6) is 0. The highest BCUT2D eigenvalue weighted by atomic mass is 28.4. The van der Waals surface area contributed by atoms with E-state index in [1.54, 1.807) is 0 Å². The van der Waals surface area contributed by atoms with Gasteiger partial charge in [0.15, 0.2) is 0 Å². The van der Waals surface area contributed by atoms with Gasteiger partial charge in [0.1, 0.15) is 6.61 Å². The maximum absolute atomic E-state index is 11.6. The van der Waals surface area contributed by atoms with Gasteiger partial charge in [-0.1, -0.05) is 87.5 Å². The Bertz CT molecular complexity index is 994. The molecule has 0 aliphatic carbocycles. The van der Waals surface area contributed by atoms with Crippen molar-refractivity contribution in [3.8, 4) is 0 Å². The topological polar surface area (TPSA) is 73.6 Å². The summed E-state index contributed by atoms with van der Waals surface area (Å²) in [6.07, 6.45) is -0.480. The first-order valence-corrected chi connectivity index (χ1v) is 12.7. The van der Waals surface area contributed by atoms with Crippen LogP contribution in [0.4, 0.5) is 10.5 Å². The number of carbonyl (C=O) groups excluding carboxylic acids is 1. The van der Waals surface area contributed by atoms with Crippen LogP contribution in [0.2, 0.25) is 5.04 Å². The minimum atomic E-state index is -2.67. The molecule has 32 heavy (non-hydrogen) atoms. The zero-order valence-electron chi connectivity index (χ0n) is 19.2. The van der Waals surface area contributed by atoms with Crippen molar-refractivity contribution in [3.63, 3.8) is 0 Å². The Morgan fingerprint density at radius 1 is 0.875 bits per heavy atom. The maximum Gasteiger partial charge on any atom is 0.407 e. The summed E-state index contributed by atoms with van der Waals surface area (Å²) in [5.41, 5.74) is 8.43. The summed E-state index contributed by atoms with van der Waals surface area (Å²) in [4.78, 5) is 11.6. The number of hydrogen-bond acceptors (Lipinski definition) is 4. The van der Waals surface area contributed by atoms with Crippen molar-refractivity contribution in [1.82, 2.24) is 5.32 Å². The largest absolute Gasteiger partial charge is 0.445 e. The molecule has 0 aromatic heterocycles. The molecule has 3 aromatic carbocycles. The molecular formula is C26H32N2O3Si. The summed E-state index contributed by atoms with van der Waals surface area (Å²) in [5, 5.41) is 4.79. The standard InChI is InChI=1S/C26H32N2O3Si/c1-26(2,3)32(23-11-7-5-8-12-23,24-13-9-6-10-14-24)31-19-20-15-16-22(27)17-21(20)18-30-25(29)28-4/h5-17H,18-19,27H2,1-4H3,(H,28,29). The van der Waals surface area contributed by atoms with Crippen LogP contribution in [-0.2, 0) is 22.4 Å². The second-order valence-electron chi connectivity index (χ2n) is 8.81. The van der Waals surface area contributed by atoms with Crippen molar-refractivity contribution >= 4 is 30.5 Å². The Morgan fingerprint density at radius 3 is 1.94 bits per heavy atom. The van der Waals surface area contributed by atoms with Gasteiger partial charge in [0.05, 0.1) is 6.61 Å². The fraction of sp³-hybridized carbons (Fsp3) is 0.269. The predicted octanol–water partition coefficient (Wildman–Crippen LogP) is 4.20. The first kappa shape index (κ1) is 23.6. The molecule has 0 heterocycles. The monoisotopic (exact) mass is 448 g/mol. The number of anilines is 1. The summed E-state index contributed by atoms with van der Waals surface area (Å²) in [6, 6.07) is 26.7. The number of hydrogen-bond donors (Lipinski definition) is 2. The molecule has 0 bridgehead atoms. The van der Waals surface area contributed by atoms with Gasteiger partial charge in [-0.05, 0) is 38.7 Å². The van der Waals surface area contributed by atoms with Crippen molar-refractivity contribution < 1.29 is 14.0 Å². The summed E-state index contributed by atoms with van der Waals surface area (Å²) >= 11 is 0. The van der Waals surface area contributed by atoms with Gasteiger partial charge < -0.3 is 20.2 Å². The highest BCUT2D eigenvalue weighted by Gasteiger charge is 2.50. The molecule has 0 atom stereocenters. The van der Waals surface area contributed by atoms with Crippen LogP contribution >= 0.6 is 0 Å². The molecular weight excluding hydrogens is 416 g/mol. The number of benzene rings is 3. The van der Waals surface area contributed by atoms with E-state index in [0.717, 1.165) is 11.1 Å². The molecule has 0 saturated heterocycles. The SMILES string of the molecule is CNC(=O)OCc1cc(N)ccc1CO[Si](c1ccccc1)(c1ccccc1)C(C)(C)C. The van der Waals surface area contributed by atoms with Gasteiger partial charge in [-0.25, -0.2) is 4.79 Å². The summed E-state index contributed by atoms with van der Waals surface area (Å²) < 4.78 is 12.3. The second-order valence-corrected chi connectivity index (χ2v) is 13.1. The van der Waals surface area contributed by atoms with Gasteiger partial charge >= 0.3 is 6.09 Å². The summed E-state index contributed by atoms with van der Waals surface area (Å²) in [6.45, 7) is 7.26. The van der Waals surface area contributed by atoms with E-state index in [-0.39, 0.29) is 11.6 Å². The average molecular weight is 449 g/mol. The number of rotatable bonds is 7. The minimum absolute atomic E-state index is 0.123. The molecule has 0 fully saturated rings. The minimum Gasteiger partial charge on any atom is -0.445 e. The quantitative estimate of drug-likeness (QED) is 0.420. The fourth-order valence-electron chi connectivity index (χ4n) is 4.08. The van der Waals surface area contributed by atoms with Gasteiger partial charge in [0.25, 0.3) is 8.32 Å². The number of nitrogen functional groups attached to an aromatic ring is 1. The van der Waals surface area contributed by atoms with Gasteiger partial charge in [0.2, 0.25) is 0 Å². The second kappa shape index (κ2) is 10.0. The number of carbonyl (C=O) groups is 1. The summed E-state index contributed by atoms with van der Waals surface area (Å²) in [7, 11) is -1.14. The van der Waals surface area contributed by atoms with E-state index in [0.29, 0.717) is 12.3 Å². The molecule has 3 N–H and O–H groups in total. The number of alkyl carbamates (subject to hydrolysis) is 1. The average Bonchev–Trinajstić information content (AvgIpc) is 2.79. The lowest BCUT2D eigenvalue weighted by atomic mass is 10.1. The van der Waals surface area contributed by atoms with Crippen LogP contribution in [0.15, 0.2) is 78.9 Å². The molecule has 0 radical (unpaired) electrons. The molecule has 0 aliphatic heterocycles. The van der Waals surface area contributed by atoms with Gasteiger partial charge in [-0.3, -0.25) is 0 Å². The zero-order chi connectivity index (χ0) is 23.2. The third kappa shape index (κ3) is 5.03. The van der Waals surface area contributed by atoms with E-state index in [4.69, 9.17) is 14.9 Å². The molecule has 6 heteroatoms. The van der Waals surface area contributed by atoms with Gasteiger partial charge in [0, 0.05) is 12.7 Å². The third-order valence-corrected chi connectivity index (χ3v) is 10.6. The van der Waals surface area contributed by atoms with Crippen molar-refractivity contribution in [2.75, 3.05) is 12.8 Å². The molecule has 5 nitrogen and oxygen atoms in total. The number of amides is 1. The van der Waals surface area contributed by atoms with Crippen LogP contribution in [0.3, 0.4) is 0 Å². The molecule has 3 rings (SSSR count). The Labute approximate surface area is 191 Å². The Kier molecular flexibility index (Phi) is 7.38. The van der Waals surface area contributed by atoms with Crippen LogP contribution in [0.5, 0.6) is 0 Å².